The van der Waals surface area contributed by atoms with Crippen molar-refractivity contribution in [3.8, 4) is 0 Å². The van der Waals surface area contributed by atoms with E-state index in [2.05, 4.69) is 113 Å². The predicted octanol–water partition coefficient (Wildman–Crippen LogP) is 5.72. The van der Waals surface area contributed by atoms with Gasteiger partial charge in [-0.05, 0) is 60.5 Å². The van der Waals surface area contributed by atoms with Crippen molar-refractivity contribution in [2.24, 2.45) is 16.2 Å². The van der Waals surface area contributed by atoms with Gasteiger partial charge in [-0.2, -0.15) is 0 Å². The molecule has 0 heterocycles. The molecule has 0 bridgehead atoms. The molecule has 0 N–H and O–H groups in total. The van der Waals surface area contributed by atoms with Gasteiger partial charge in [0.25, 0.3) is 8.32 Å². The standard InChI is InChI=1S/C25H35NOSSi/c1-24(2,3)28-26-18-20-17-21(20)19-27-29(25(4,5)6,22-13-9-7-10-14-22)23-15-11-8-12-16-23/h7-16,18,20-21H,17,19H2,1-6H3/b26-18+/t20-,21-/m0/s1. The zero-order valence-electron chi connectivity index (χ0n) is 18.7. The molecule has 1 aliphatic carbocycles. The molecule has 2 atom stereocenters. The Bertz CT molecular complexity index is 769. The largest absolute Gasteiger partial charge is 0.407 e. The van der Waals surface area contributed by atoms with Crippen molar-refractivity contribution >= 4 is 36.9 Å². The van der Waals surface area contributed by atoms with Crippen molar-refractivity contribution in [3.05, 3.63) is 60.7 Å². The van der Waals surface area contributed by atoms with Gasteiger partial charge in [-0.15, -0.1) is 0 Å². The van der Waals surface area contributed by atoms with Crippen molar-refractivity contribution in [1.82, 2.24) is 0 Å². The summed E-state index contributed by atoms with van der Waals surface area (Å²) in [6.45, 7) is 14.4. The second-order valence-electron chi connectivity index (χ2n) is 10.1. The SMILES string of the molecule is CC(C)(C)S/N=C/[C@@H]1C[C@H]1CO[Si](c1ccccc1)(c1ccccc1)C(C)(C)C. The summed E-state index contributed by atoms with van der Waals surface area (Å²) in [5.74, 6) is 1.14. The van der Waals surface area contributed by atoms with E-state index in [-0.39, 0.29) is 9.79 Å². The van der Waals surface area contributed by atoms with E-state index in [4.69, 9.17) is 4.43 Å². The van der Waals surface area contributed by atoms with E-state index in [1.807, 2.05) is 0 Å². The van der Waals surface area contributed by atoms with Crippen molar-refractivity contribution in [3.63, 3.8) is 0 Å². The molecule has 0 aliphatic heterocycles. The normalized spacial score (nSPS) is 20.2. The average molecular weight is 426 g/mol. The van der Waals surface area contributed by atoms with Gasteiger partial charge < -0.3 is 4.43 Å². The van der Waals surface area contributed by atoms with Crippen LogP contribution in [0.2, 0.25) is 5.04 Å². The third-order valence-corrected chi connectivity index (χ3v) is 11.3. The lowest BCUT2D eigenvalue weighted by Crippen LogP contribution is -2.66. The number of rotatable bonds is 7. The number of benzene rings is 2. The minimum Gasteiger partial charge on any atom is -0.407 e. The van der Waals surface area contributed by atoms with Crippen LogP contribution >= 0.6 is 11.9 Å². The van der Waals surface area contributed by atoms with Gasteiger partial charge in [0, 0.05) is 23.5 Å². The number of hydrogen-bond donors (Lipinski definition) is 0. The molecule has 2 aromatic carbocycles. The molecule has 156 valence electrons. The van der Waals surface area contributed by atoms with Crippen LogP contribution in [-0.2, 0) is 4.43 Å². The van der Waals surface area contributed by atoms with Gasteiger partial charge in [0.15, 0.2) is 0 Å². The van der Waals surface area contributed by atoms with Crippen molar-refractivity contribution in [2.75, 3.05) is 6.61 Å². The molecule has 3 rings (SSSR count). The fourth-order valence-electron chi connectivity index (χ4n) is 3.91. The van der Waals surface area contributed by atoms with Gasteiger partial charge in [0.2, 0.25) is 0 Å². The summed E-state index contributed by atoms with van der Waals surface area (Å²) in [6.07, 6.45) is 3.34. The van der Waals surface area contributed by atoms with Crippen LogP contribution in [0.5, 0.6) is 0 Å². The minimum absolute atomic E-state index is 0.0380. The van der Waals surface area contributed by atoms with Crippen LogP contribution in [0.15, 0.2) is 65.1 Å². The molecule has 1 saturated carbocycles. The number of nitrogens with zero attached hydrogens (tertiary/aromatic N) is 1. The zero-order valence-corrected chi connectivity index (χ0v) is 20.5. The summed E-state index contributed by atoms with van der Waals surface area (Å²) in [7, 11) is -2.41. The molecule has 0 aromatic heterocycles. The minimum atomic E-state index is -2.41. The van der Waals surface area contributed by atoms with E-state index < -0.39 is 8.32 Å². The summed E-state index contributed by atoms with van der Waals surface area (Å²) in [4.78, 5) is 0. The maximum atomic E-state index is 7.04. The van der Waals surface area contributed by atoms with Crippen LogP contribution in [-0.4, -0.2) is 25.9 Å². The molecule has 0 radical (unpaired) electrons. The molecule has 0 spiro atoms. The van der Waals surface area contributed by atoms with Crippen molar-refractivity contribution in [2.45, 2.75) is 57.7 Å². The molecule has 2 nitrogen and oxygen atoms in total. The average Bonchev–Trinajstić information content (AvgIpc) is 3.40. The lowest BCUT2D eigenvalue weighted by molar-refractivity contribution is 0.278. The zero-order chi connectivity index (χ0) is 21.1. The van der Waals surface area contributed by atoms with E-state index in [1.54, 1.807) is 11.9 Å². The Morgan fingerprint density at radius 1 is 0.931 bits per heavy atom. The first-order valence-electron chi connectivity index (χ1n) is 10.6. The third-order valence-electron chi connectivity index (χ3n) is 5.49. The maximum Gasteiger partial charge on any atom is 0.261 e. The van der Waals surface area contributed by atoms with Crippen LogP contribution in [0.3, 0.4) is 0 Å². The fraction of sp³-hybridized carbons (Fsp3) is 0.480. The quantitative estimate of drug-likeness (QED) is 0.322. The summed E-state index contributed by atoms with van der Waals surface area (Å²) in [6, 6.07) is 21.8. The molecule has 4 heteroatoms. The second kappa shape index (κ2) is 8.79. The first kappa shape index (κ1) is 22.3. The van der Waals surface area contributed by atoms with Crippen LogP contribution in [0.1, 0.15) is 48.0 Å². The molecule has 29 heavy (non-hydrogen) atoms. The Morgan fingerprint density at radius 3 is 1.90 bits per heavy atom. The van der Waals surface area contributed by atoms with Gasteiger partial charge in [-0.3, -0.25) is 0 Å². The number of hydrogen-bond acceptors (Lipinski definition) is 3. The second-order valence-corrected chi connectivity index (χ2v) is 16.0. The highest BCUT2D eigenvalue weighted by Crippen LogP contribution is 2.42. The highest BCUT2D eigenvalue weighted by molar-refractivity contribution is 7.99. The van der Waals surface area contributed by atoms with E-state index in [0.717, 1.165) is 6.61 Å². The van der Waals surface area contributed by atoms with Gasteiger partial charge in [0.05, 0.1) is 0 Å². The van der Waals surface area contributed by atoms with Crippen LogP contribution < -0.4 is 10.4 Å². The van der Waals surface area contributed by atoms with E-state index in [0.29, 0.717) is 11.8 Å². The Hall–Kier alpha value is -1.36. The molecule has 0 saturated heterocycles. The molecule has 1 fully saturated rings. The van der Waals surface area contributed by atoms with E-state index >= 15 is 0 Å². The molecular weight excluding hydrogens is 390 g/mol. The first-order chi connectivity index (χ1) is 13.6. The van der Waals surface area contributed by atoms with Crippen LogP contribution in [0, 0.1) is 11.8 Å². The predicted molar refractivity (Wildman–Crippen MR) is 131 cm³/mol. The summed E-state index contributed by atoms with van der Waals surface area (Å²) < 4.78 is 11.8. The lowest BCUT2D eigenvalue weighted by atomic mass is 10.2. The molecule has 0 amide bonds. The van der Waals surface area contributed by atoms with Gasteiger partial charge >= 0.3 is 0 Å². The molecular formula is C25H35NOSSi. The topological polar surface area (TPSA) is 21.6 Å². The Kier molecular flexibility index (Phi) is 6.76. The van der Waals surface area contributed by atoms with Crippen LogP contribution in [0.25, 0.3) is 0 Å². The monoisotopic (exact) mass is 425 g/mol. The third kappa shape index (κ3) is 5.42. The smallest absolute Gasteiger partial charge is 0.261 e. The summed E-state index contributed by atoms with van der Waals surface area (Å²) >= 11 is 1.66. The lowest BCUT2D eigenvalue weighted by Gasteiger charge is -2.43. The Balaban J connectivity index is 1.82. The Morgan fingerprint density at radius 2 is 1.45 bits per heavy atom. The van der Waals surface area contributed by atoms with Crippen molar-refractivity contribution < 1.29 is 4.43 Å². The fourth-order valence-corrected chi connectivity index (χ4v) is 9.06. The highest BCUT2D eigenvalue weighted by atomic mass is 32.2. The van der Waals surface area contributed by atoms with Gasteiger partial charge in [-0.1, -0.05) is 81.4 Å². The van der Waals surface area contributed by atoms with E-state index in [9.17, 15) is 0 Å². The van der Waals surface area contributed by atoms with E-state index in [1.165, 1.54) is 16.8 Å². The summed E-state index contributed by atoms with van der Waals surface area (Å²) in [5.41, 5.74) is 0. The van der Waals surface area contributed by atoms with Gasteiger partial charge in [-0.25, -0.2) is 4.40 Å². The van der Waals surface area contributed by atoms with Gasteiger partial charge in [0.1, 0.15) is 0 Å². The van der Waals surface area contributed by atoms with Crippen LogP contribution in [0.4, 0.5) is 0 Å². The molecule has 1 aliphatic rings. The van der Waals surface area contributed by atoms with Crippen molar-refractivity contribution in [1.29, 1.82) is 0 Å². The highest BCUT2D eigenvalue weighted by Gasteiger charge is 2.51. The molecule has 0 unspecified atom stereocenters. The Labute approximate surface area is 182 Å². The summed E-state index contributed by atoms with van der Waals surface area (Å²) in [5, 5.41) is 2.75. The first-order valence-corrected chi connectivity index (χ1v) is 13.3. The maximum absolute atomic E-state index is 7.04. The molecule has 2 aromatic rings.